The van der Waals surface area contributed by atoms with Crippen molar-refractivity contribution in [1.82, 2.24) is 0 Å². The van der Waals surface area contributed by atoms with Crippen molar-refractivity contribution in [2.75, 3.05) is 0 Å². The van der Waals surface area contributed by atoms with Crippen molar-refractivity contribution in [2.45, 2.75) is 0 Å². The molecular formula is C24H20O6P2. The molecule has 0 radical (unpaired) electrons. The summed E-state index contributed by atoms with van der Waals surface area (Å²) in [6.07, 6.45) is 0. The van der Waals surface area contributed by atoms with Gasteiger partial charge in [-0.2, -0.15) is 0 Å². The van der Waals surface area contributed by atoms with Crippen molar-refractivity contribution in [2.24, 2.45) is 0 Å². The second kappa shape index (κ2) is 9.15. The molecule has 0 aromatic heterocycles. The Labute approximate surface area is 185 Å². The minimum absolute atomic E-state index is 0.168. The lowest BCUT2D eigenvalue weighted by molar-refractivity contribution is 0.387. The Morgan fingerprint density at radius 2 is 0.875 bits per heavy atom. The lowest BCUT2D eigenvalue weighted by Gasteiger charge is -2.23. The first-order chi connectivity index (χ1) is 15.4. The predicted molar refractivity (Wildman–Crippen MR) is 125 cm³/mol. The maximum Gasteiger partial charge on any atom is 0.463 e. The number of hydrogen-bond acceptors (Lipinski definition) is 4. The largest absolute Gasteiger partial charge is 0.463 e. The molecule has 0 unspecified atom stereocenters. The van der Waals surface area contributed by atoms with Crippen LogP contribution >= 0.6 is 15.2 Å². The molecule has 0 atom stereocenters. The number of hydrogen-bond donors (Lipinski definition) is 2. The third kappa shape index (κ3) is 4.85. The molecule has 4 rings (SSSR count). The predicted octanol–water partition coefficient (Wildman–Crippen LogP) is 5.13. The molecule has 6 nitrogen and oxygen atoms in total. The van der Waals surface area contributed by atoms with E-state index in [9.17, 15) is 18.9 Å². The highest BCUT2D eigenvalue weighted by molar-refractivity contribution is 7.63. The van der Waals surface area contributed by atoms with Crippen molar-refractivity contribution in [3.8, 4) is 22.6 Å². The SMILES string of the molecule is O=P(O)(O)c1ccccc1-c1ccccc1P(=O)(Oc1ccccc1)Oc1ccccc1. The smallest absolute Gasteiger partial charge is 0.413 e. The normalized spacial score (nSPS) is 11.7. The molecule has 0 aliphatic carbocycles. The molecule has 2 N–H and O–H groups in total. The van der Waals surface area contributed by atoms with E-state index < -0.39 is 15.2 Å². The van der Waals surface area contributed by atoms with E-state index in [0.29, 0.717) is 17.1 Å². The molecule has 8 heteroatoms. The van der Waals surface area contributed by atoms with Crippen LogP contribution in [0.3, 0.4) is 0 Å². The third-order valence-corrected chi connectivity index (χ3v) is 7.54. The minimum Gasteiger partial charge on any atom is -0.413 e. The van der Waals surface area contributed by atoms with Crippen LogP contribution in [0, 0.1) is 0 Å². The average Bonchev–Trinajstić information content (AvgIpc) is 2.80. The molecule has 0 saturated carbocycles. The summed E-state index contributed by atoms with van der Waals surface area (Å²) in [5, 5.41) is 0.0204. The Morgan fingerprint density at radius 3 is 1.34 bits per heavy atom. The van der Waals surface area contributed by atoms with Crippen LogP contribution in [-0.2, 0) is 9.13 Å². The molecule has 32 heavy (non-hydrogen) atoms. The molecular weight excluding hydrogens is 446 g/mol. The number of para-hydroxylation sites is 2. The van der Waals surface area contributed by atoms with Gasteiger partial charge < -0.3 is 18.8 Å². The first-order valence-corrected chi connectivity index (χ1v) is 12.9. The standard InChI is InChI=1S/C24H20O6P2/c25-31(26,27)23-17-9-7-15-21(23)22-16-8-10-18-24(22)32(28,29-19-11-3-1-4-12-19)30-20-13-5-2-6-14-20/h1-18H,(H2,25,26,27). The fourth-order valence-corrected chi connectivity index (χ4v) is 5.83. The molecule has 0 bridgehead atoms. The van der Waals surface area contributed by atoms with E-state index in [-0.39, 0.29) is 16.2 Å². The molecule has 0 aliphatic rings. The Hall–Kier alpha value is -3.14. The zero-order chi connectivity index (χ0) is 22.6. The summed E-state index contributed by atoms with van der Waals surface area (Å²) < 4.78 is 38.2. The zero-order valence-corrected chi connectivity index (χ0v) is 18.6. The summed E-state index contributed by atoms with van der Waals surface area (Å²) >= 11 is 0. The topological polar surface area (TPSA) is 93.1 Å². The molecule has 0 heterocycles. The van der Waals surface area contributed by atoms with Gasteiger partial charge in [0.05, 0.1) is 10.6 Å². The van der Waals surface area contributed by atoms with E-state index in [1.54, 1.807) is 103 Å². The highest BCUT2D eigenvalue weighted by Crippen LogP contribution is 2.50. The molecule has 0 amide bonds. The van der Waals surface area contributed by atoms with Gasteiger partial charge in [0.15, 0.2) is 0 Å². The molecule has 162 valence electrons. The highest BCUT2D eigenvalue weighted by Gasteiger charge is 2.35. The van der Waals surface area contributed by atoms with Gasteiger partial charge in [0.1, 0.15) is 11.5 Å². The molecule has 0 saturated heterocycles. The van der Waals surface area contributed by atoms with Crippen LogP contribution in [0.1, 0.15) is 0 Å². The van der Waals surface area contributed by atoms with Crippen LogP contribution in [-0.4, -0.2) is 9.79 Å². The van der Waals surface area contributed by atoms with Gasteiger partial charge in [-0.1, -0.05) is 72.8 Å². The van der Waals surface area contributed by atoms with Gasteiger partial charge in [0, 0.05) is 5.56 Å². The van der Waals surface area contributed by atoms with Crippen LogP contribution in [0.15, 0.2) is 109 Å². The molecule has 0 fully saturated rings. The van der Waals surface area contributed by atoms with E-state index in [0.717, 1.165) is 0 Å². The summed E-state index contributed by atoms with van der Waals surface area (Å²) in [6.45, 7) is 0. The van der Waals surface area contributed by atoms with Crippen molar-refractivity contribution >= 4 is 25.8 Å². The van der Waals surface area contributed by atoms with Gasteiger partial charge >= 0.3 is 15.2 Å². The minimum atomic E-state index is -4.60. The van der Waals surface area contributed by atoms with E-state index in [4.69, 9.17) is 9.05 Å². The Morgan fingerprint density at radius 1 is 0.500 bits per heavy atom. The summed E-state index contributed by atoms with van der Waals surface area (Å²) in [5.41, 5.74) is 0.603. The van der Waals surface area contributed by atoms with Gasteiger partial charge in [-0.3, -0.25) is 4.57 Å². The lowest BCUT2D eigenvalue weighted by atomic mass is 10.1. The van der Waals surface area contributed by atoms with Gasteiger partial charge in [0.25, 0.3) is 0 Å². The quantitative estimate of drug-likeness (QED) is 0.367. The van der Waals surface area contributed by atoms with E-state index in [1.165, 1.54) is 6.07 Å². The van der Waals surface area contributed by atoms with E-state index in [1.807, 2.05) is 0 Å². The van der Waals surface area contributed by atoms with E-state index >= 15 is 0 Å². The summed E-state index contributed by atoms with van der Waals surface area (Å²) in [5.74, 6) is 0.676. The molecule has 0 aliphatic heterocycles. The van der Waals surface area contributed by atoms with Gasteiger partial charge in [-0.15, -0.1) is 0 Å². The molecule has 0 spiro atoms. The summed E-state index contributed by atoms with van der Waals surface area (Å²) in [6, 6.07) is 30.0. The number of rotatable bonds is 7. The van der Waals surface area contributed by atoms with E-state index in [2.05, 4.69) is 0 Å². The first-order valence-electron chi connectivity index (χ1n) is 9.71. The molecule has 4 aromatic rings. The number of benzene rings is 4. The second-order valence-electron chi connectivity index (χ2n) is 6.88. The lowest BCUT2D eigenvalue weighted by Crippen LogP contribution is -2.19. The molecule has 4 aromatic carbocycles. The van der Waals surface area contributed by atoms with Crippen LogP contribution in [0.25, 0.3) is 11.1 Å². The fourth-order valence-electron chi connectivity index (χ4n) is 3.25. The van der Waals surface area contributed by atoms with Gasteiger partial charge in [-0.25, -0.2) is 4.57 Å². The third-order valence-electron chi connectivity index (χ3n) is 4.64. The van der Waals surface area contributed by atoms with Crippen molar-refractivity contribution in [3.63, 3.8) is 0 Å². The Kier molecular flexibility index (Phi) is 6.31. The van der Waals surface area contributed by atoms with Crippen molar-refractivity contribution in [1.29, 1.82) is 0 Å². The van der Waals surface area contributed by atoms with Crippen LogP contribution in [0.5, 0.6) is 11.5 Å². The summed E-state index contributed by atoms with van der Waals surface area (Å²) in [4.78, 5) is 19.7. The first kappa shape index (κ1) is 22.1. The highest BCUT2D eigenvalue weighted by atomic mass is 31.2. The Balaban J connectivity index is 1.90. The van der Waals surface area contributed by atoms with Crippen LogP contribution in [0.4, 0.5) is 0 Å². The van der Waals surface area contributed by atoms with Crippen molar-refractivity contribution in [3.05, 3.63) is 109 Å². The average molecular weight is 466 g/mol. The van der Waals surface area contributed by atoms with Crippen LogP contribution in [0.2, 0.25) is 0 Å². The second-order valence-corrected chi connectivity index (χ2v) is 10.3. The maximum absolute atomic E-state index is 14.3. The van der Waals surface area contributed by atoms with Crippen molar-refractivity contribution < 1.29 is 28.0 Å². The zero-order valence-electron chi connectivity index (χ0n) is 16.8. The van der Waals surface area contributed by atoms with Gasteiger partial charge in [0.2, 0.25) is 0 Å². The van der Waals surface area contributed by atoms with Gasteiger partial charge in [-0.05, 0) is 42.0 Å². The van der Waals surface area contributed by atoms with Crippen LogP contribution < -0.4 is 19.7 Å². The summed E-state index contributed by atoms with van der Waals surface area (Å²) in [7, 11) is -8.64. The monoisotopic (exact) mass is 466 g/mol. The maximum atomic E-state index is 14.3. The Bertz CT molecular complexity index is 1260. The fraction of sp³-hybridized carbons (Fsp3) is 0.